The minimum absolute atomic E-state index is 0.160. The lowest BCUT2D eigenvalue weighted by atomic mass is 10.0. The highest BCUT2D eigenvalue weighted by atomic mass is 16.5. The molecule has 1 N–H and O–H groups in total. The summed E-state index contributed by atoms with van der Waals surface area (Å²) < 4.78 is 7.71. The predicted molar refractivity (Wildman–Crippen MR) is 83.4 cm³/mol. The van der Waals surface area contributed by atoms with Crippen LogP contribution >= 0.6 is 0 Å². The van der Waals surface area contributed by atoms with Crippen LogP contribution in [0.1, 0.15) is 37.7 Å². The van der Waals surface area contributed by atoms with Crippen LogP contribution in [0.5, 0.6) is 5.75 Å². The van der Waals surface area contributed by atoms with Gasteiger partial charge in [0.15, 0.2) is 0 Å². The Morgan fingerprint density at radius 1 is 1.29 bits per heavy atom. The van der Waals surface area contributed by atoms with Crippen LogP contribution in [0.2, 0.25) is 0 Å². The van der Waals surface area contributed by atoms with E-state index in [-0.39, 0.29) is 6.04 Å². The van der Waals surface area contributed by atoms with Crippen LogP contribution < -0.4 is 10.1 Å². The Morgan fingerprint density at radius 3 is 2.81 bits per heavy atom. The lowest BCUT2D eigenvalue weighted by Crippen LogP contribution is -2.22. The average Bonchev–Trinajstić information content (AvgIpc) is 2.93. The fraction of sp³-hybridized carbons (Fsp3) is 0.500. The van der Waals surface area contributed by atoms with Crippen LogP contribution in [-0.2, 0) is 13.0 Å². The van der Waals surface area contributed by atoms with Crippen molar-refractivity contribution in [2.45, 2.75) is 39.3 Å². The highest BCUT2D eigenvalue weighted by molar-refractivity contribution is 5.36. The summed E-state index contributed by atoms with van der Waals surface area (Å²) in [5.74, 6) is 1.93. The predicted octanol–water partition coefficient (Wildman–Crippen LogP) is 2.59. The highest BCUT2D eigenvalue weighted by Crippen LogP contribution is 2.27. The normalized spacial score (nSPS) is 12.3. The zero-order valence-corrected chi connectivity index (χ0v) is 13.0. The van der Waals surface area contributed by atoms with Crippen molar-refractivity contribution in [3.05, 3.63) is 42.0 Å². The smallest absolute Gasteiger partial charge is 0.138 e. The number of ether oxygens (including phenoxy) is 1. The van der Waals surface area contributed by atoms with E-state index in [2.05, 4.69) is 28.4 Å². The van der Waals surface area contributed by atoms with E-state index in [4.69, 9.17) is 4.74 Å². The molecule has 5 heteroatoms. The minimum Gasteiger partial charge on any atom is -0.494 e. The maximum Gasteiger partial charge on any atom is 0.138 e. The summed E-state index contributed by atoms with van der Waals surface area (Å²) in [4.78, 5) is 4.39. The van der Waals surface area contributed by atoms with Gasteiger partial charge >= 0.3 is 0 Å². The van der Waals surface area contributed by atoms with Crippen molar-refractivity contribution in [3.8, 4) is 5.75 Å². The number of nitrogens with one attached hydrogen (secondary N) is 1. The van der Waals surface area contributed by atoms with Crippen molar-refractivity contribution >= 4 is 0 Å². The molecule has 0 saturated heterocycles. The molecule has 114 valence electrons. The number of aryl methyl sites for hydroxylation is 1. The van der Waals surface area contributed by atoms with E-state index in [1.807, 2.05) is 36.9 Å². The average molecular weight is 288 g/mol. The zero-order valence-electron chi connectivity index (χ0n) is 13.0. The number of rotatable bonds is 8. The summed E-state index contributed by atoms with van der Waals surface area (Å²) in [6.45, 7) is 5.72. The second-order valence-electron chi connectivity index (χ2n) is 4.92. The van der Waals surface area contributed by atoms with Gasteiger partial charge in [0.2, 0.25) is 0 Å². The number of nitrogens with zero attached hydrogens (tertiary/aromatic N) is 3. The van der Waals surface area contributed by atoms with E-state index in [0.717, 1.165) is 36.5 Å². The number of likely N-dealkylation sites (N-methyl/N-ethyl adjacent to an activating group) is 1. The van der Waals surface area contributed by atoms with Gasteiger partial charge in [0.1, 0.15) is 17.9 Å². The fourth-order valence-electron chi connectivity index (χ4n) is 2.45. The van der Waals surface area contributed by atoms with Crippen molar-refractivity contribution < 1.29 is 4.74 Å². The molecule has 0 aliphatic carbocycles. The van der Waals surface area contributed by atoms with Crippen LogP contribution in [0.3, 0.4) is 0 Å². The van der Waals surface area contributed by atoms with Gasteiger partial charge in [-0.05, 0) is 26.5 Å². The molecule has 0 saturated carbocycles. The number of benzene rings is 1. The molecule has 0 aliphatic heterocycles. The largest absolute Gasteiger partial charge is 0.494 e. The summed E-state index contributed by atoms with van der Waals surface area (Å²) in [6, 6.07) is 8.32. The van der Waals surface area contributed by atoms with Crippen LogP contribution in [0.4, 0.5) is 0 Å². The Balaban J connectivity index is 2.21. The third-order valence-electron chi connectivity index (χ3n) is 3.46. The van der Waals surface area contributed by atoms with Crippen molar-refractivity contribution in [1.29, 1.82) is 0 Å². The molecule has 2 aromatic rings. The molecule has 0 spiro atoms. The highest BCUT2D eigenvalue weighted by Gasteiger charge is 2.17. The number of para-hydroxylation sites is 1. The Kier molecular flexibility index (Phi) is 5.75. The van der Waals surface area contributed by atoms with Crippen LogP contribution in [0.15, 0.2) is 30.6 Å². The first-order valence-electron chi connectivity index (χ1n) is 7.55. The molecule has 0 aliphatic rings. The zero-order chi connectivity index (χ0) is 15.1. The maximum atomic E-state index is 5.73. The summed E-state index contributed by atoms with van der Waals surface area (Å²) >= 11 is 0. The third kappa shape index (κ3) is 3.82. The second-order valence-corrected chi connectivity index (χ2v) is 4.92. The van der Waals surface area contributed by atoms with E-state index in [1.165, 1.54) is 0 Å². The van der Waals surface area contributed by atoms with Crippen LogP contribution in [0, 0.1) is 0 Å². The van der Waals surface area contributed by atoms with E-state index in [1.54, 1.807) is 6.33 Å². The van der Waals surface area contributed by atoms with Crippen LogP contribution in [0.25, 0.3) is 0 Å². The Hall–Kier alpha value is -1.88. The van der Waals surface area contributed by atoms with Gasteiger partial charge in [0, 0.05) is 24.6 Å². The molecule has 1 unspecified atom stereocenters. The minimum atomic E-state index is 0.160. The Bertz CT molecular complexity index is 553. The topological polar surface area (TPSA) is 52.0 Å². The Labute approximate surface area is 126 Å². The van der Waals surface area contributed by atoms with Gasteiger partial charge in [-0.25, -0.2) is 4.98 Å². The first kappa shape index (κ1) is 15.5. The monoisotopic (exact) mass is 288 g/mol. The van der Waals surface area contributed by atoms with Crippen molar-refractivity contribution in [2.75, 3.05) is 13.7 Å². The molecule has 2 rings (SSSR count). The molecular weight excluding hydrogens is 264 g/mol. The van der Waals surface area contributed by atoms with Gasteiger partial charge < -0.3 is 10.1 Å². The molecule has 0 amide bonds. The summed E-state index contributed by atoms with van der Waals surface area (Å²) in [5.41, 5.74) is 1.16. The summed E-state index contributed by atoms with van der Waals surface area (Å²) in [5, 5.41) is 7.66. The summed E-state index contributed by atoms with van der Waals surface area (Å²) in [7, 11) is 1.97. The van der Waals surface area contributed by atoms with Crippen molar-refractivity contribution in [2.24, 2.45) is 0 Å². The maximum absolute atomic E-state index is 5.73. The van der Waals surface area contributed by atoms with Crippen molar-refractivity contribution in [3.63, 3.8) is 0 Å². The second kappa shape index (κ2) is 7.78. The van der Waals surface area contributed by atoms with Gasteiger partial charge in [0.25, 0.3) is 0 Å². The van der Waals surface area contributed by atoms with Gasteiger partial charge in [-0.15, -0.1) is 0 Å². The number of hydrogen-bond donors (Lipinski definition) is 1. The number of aromatic nitrogens is 3. The third-order valence-corrected chi connectivity index (χ3v) is 3.46. The molecule has 0 bridgehead atoms. The Morgan fingerprint density at radius 2 is 2.10 bits per heavy atom. The molecular formula is C16H24N4O. The van der Waals surface area contributed by atoms with E-state index >= 15 is 0 Å². The lowest BCUT2D eigenvalue weighted by Gasteiger charge is -2.19. The fourth-order valence-corrected chi connectivity index (χ4v) is 2.45. The lowest BCUT2D eigenvalue weighted by molar-refractivity contribution is 0.331. The van der Waals surface area contributed by atoms with E-state index < -0.39 is 0 Å². The van der Waals surface area contributed by atoms with Gasteiger partial charge in [0.05, 0.1) is 6.61 Å². The molecule has 1 atom stereocenters. The van der Waals surface area contributed by atoms with Gasteiger partial charge in [-0.1, -0.05) is 25.1 Å². The molecule has 5 nitrogen and oxygen atoms in total. The molecule has 21 heavy (non-hydrogen) atoms. The first-order chi connectivity index (χ1) is 10.3. The quantitative estimate of drug-likeness (QED) is 0.811. The molecule has 1 heterocycles. The van der Waals surface area contributed by atoms with E-state index in [0.29, 0.717) is 6.61 Å². The number of hydrogen-bond acceptors (Lipinski definition) is 4. The van der Waals surface area contributed by atoms with Gasteiger partial charge in [-0.2, -0.15) is 5.10 Å². The SMILES string of the molecule is CCCn1ncnc1CC(NC)c1ccccc1OCC. The van der Waals surface area contributed by atoms with Crippen LogP contribution in [-0.4, -0.2) is 28.4 Å². The van der Waals surface area contributed by atoms with Gasteiger partial charge in [-0.3, -0.25) is 4.68 Å². The molecule has 1 aromatic heterocycles. The molecule has 0 radical (unpaired) electrons. The standard InChI is InChI=1S/C16H24N4O/c1-4-10-20-16(18-12-19-20)11-14(17-3)13-8-6-7-9-15(13)21-5-2/h6-9,12,14,17H,4-5,10-11H2,1-3H3. The van der Waals surface area contributed by atoms with Crippen molar-refractivity contribution in [1.82, 2.24) is 20.1 Å². The molecule has 1 aromatic carbocycles. The first-order valence-corrected chi connectivity index (χ1v) is 7.55. The molecule has 0 fully saturated rings. The van der Waals surface area contributed by atoms with E-state index in [9.17, 15) is 0 Å². The summed E-state index contributed by atoms with van der Waals surface area (Å²) in [6.07, 6.45) is 3.48.